The van der Waals surface area contributed by atoms with Crippen LogP contribution in [-0.2, 0) is 9.59 Å². The summed E-state index contributed by atoms with van der Waals surface area (Å²) in [6.45, 7) is 2.13. The number of anilines is 3. The summed E-state index contributed by atoms with van der Waals surface area (Å²) in [4.78, 5) is 26.3. The normalized spacial score (nSPS) is 13.4. The van der Waals surface area contributed by atoms with Crippen LogP contribution >= 0.6 is 0 Å². The molecule has 130 valence electrons. The van der Waals surface area contributed by atoms with Crippen molar-refractivity contribution in [3.05, 3.63) is 48.5 Å². The van der Waals surface area contributed by atoms with E-state index in [0.29, 0.717) is 17.1 Å². The van der Waals surface area contributed by atoms with E-state index in [-0.39, 0.29) is 0 Å². The van der Waals surface area contributed by atoms with E-state index in [4.69, 9.17) is 4.74 Å². The van der Waals surface area contributed by atoms with Crippen LogP contribution in [0.15, 0.2) is 48.5 Å². The molecule has 25 heavy (non-hydrogen) atoms. The third-order valence-electron chi connectivity index (χ3n) is 4.15. The van der Waals surface area contributed by atoms with Crippen molar-refractivity contribution in [3.63, 3.8) is 0 Å². The fourth-order valence-electron chi connectivity index (χ4n) is 2.78. The minimum Gasteiger partial charge on any atom is -0.497 e. The van der Waals surface area contributed by atoms with Crippen molar-refractivity contribution < 1.29 is 14.3 Å². The highest BCUT2D eigenvalue weighted by Gasteiger charge is 2.15. The van der Waals surface area contributed by atoms with Crippen molar-refractivity contribution in [2.45, 2.75) is 12.8 Å². The molecule has 0 aliphatic carbocycles. The van der Waals surface area contributed by atoms with E-state index >= 15 is 0 Å². The number of carbonyl (C=O) groups is 2. The van der Waals surface area contributed by atoms with E-state index in [2.05, 4.69) is 15.5 Å². The van der Waals surface area contributed by atoms with Gasteiger partial charge in [-0.2, -0.15) is 0 Å². The van der Waals surface area contributed by atoms with Gasteiger partial charge in [0.1, 0.15) is 5.75 Å². The summed E-state index contributed by atoms with van der Waals surface area (Å²) in [5.41, 5.74) is 2.27. The largest absolute Gasteiger partial charge is 0.497 e. The van der Waals surface area contributed by atoms with Crippen LogP contribution in [0.25, 0.3) is 0 Å². The molecule has 0 saturated carbocycles. The van der Waals surface area contributed by atoms with E-state index in [0.717, 1.165) is 18.8 Å². The van der Waals surface area contributed by atoms with E-state index in [9.17, 15) is 9.59 Å². The van der Waals surface area contributed by atoms with E-state index in [1.807, 2.05) is 24.3 Å². The number of methoxy groups -OCH3 is 1. The molecule has 6 heteroatoms. The molecule has 1 aliphatic rings. The third-order valence-corrected chi connectivity index (χ3v) is 4.15. The zero-order valence-electron chi connectivity index (χ0n) is 14.1. The molecule has 1 heterocycles. The minimum absolute atomic E-state index is 0.533. The molecular formula is C19H21N3O3. The van der Waals surface area contributed by atoms with Gasteiger partial charge < -0.3 is 20.3 Å². The van der Waals surface area contributed by atoms with E-state index in [1.165, 1.54) is 12.8 Å². The minimum atomic E-state index is -0.714. The summed E-state index contributed by atoms with van der Waals surface area (Å²) in [6.07, 6.45) is 2.42. The lowest BCUT2D eigenvalue weighted by molar-refractivity contribution is -0.132. The maximum absolute atomic E-state index is 12.0. The fourth-order valence-corrected chi connectivity index (χ4v) is 2.78. The summed E-state index contributed by atoms with van der Waals surface area (Å²) in [5, 5.41) is 5.16. The van der Waals surface area contributed by atoms with Crippen molar-refractivity contribution in [3.8, 4) is 5.75 Å². The first-order valence-electron chi connectivity index (χ1n) is 8.27. The Labute approximate surface area is 146 Å². The van der Waals surface area contributed by atoms with Gasteiger partial charge in [-0.3, -0.25) is 9.59 Å². The molecule has 0 aromatic heterocycles. The number of hydrogen-bond donors (Lipinski definition) is 2. The van der Waals surface area contributed by atoms with Gasteiger partial charge in [0.05, 0.1) is 7.11 Å². The Morgan fingerprint density at radius 3 is 1.80 bits per heavy atom. The molecule has 2 N–H and O–H groups in total. The van der Waals surface area contributed by atoms with Gasteiger partial charge in [0.15, 0.2) is 0 Å². The number of ether oxygens (including phenoxy) is 1. The Morgan fingerprint density at radius 1 is 0.840 bits per heavy atom. The van der Waals surface area contributed by atoms with Gasteiger partial charge in [0.25, 0.3) is 0 Å². The van der Waals surface area contributed by atoms with Crippen molar-refractivity contribution in [1.82, 2.24) is 0 Å². The summed E-state index contributed by atoms with van der Waals surface area (Å²) in [7, 11) is 1.57. The first-order chi connectivity index (χ1) is 12.2. The molecule has 1 aliphatic heterocycles. The fraction of sp³-hybridized carbons (Fsp3) is 0.263. The van der Waals surface area contributed by atoms with Crippen LogP contribution in [0, 0.1) is 0 Å². The predicted molar refractivity (Wildman–Crippen MR) is 98.1 cm³/mol. The average molecular weight is 339 g/mol. The summed E-state index contributed by atoms with van der Waals surface area (Å²) < 4.78 is 5.05. The second kappa shape index (κ2) is 7.70. The molecule has 0 radical (unpaired) electrons. The molecule has 6 nitrogen and oxygen atoms in total. The Bertz CT molecular complexity index is 736. The van der Waals surface area contributed by atoms with Crippen molar-refractivity contribution in [1.29, 1.82) is 0 Å². The molecular weight excluding hydrogens is 318 g/mol. The molecule has 0 bridgehead atoms. The van der Waals surface area contributed by atoms with E-state index < -0.39 is 11.8 Å². The Kier molecular flexibility index (Phi) is 5.18. The molecule has 2 aromatic carbocycles. The van der Waals surface area contributed by atoms with Gasteiger partial charge in [-0.1, -0.05) is 0 Å². The second-order valence-electron chi connectivity index (χ2n) is 5.88. The number of nitrogens with zero attached hydrogens (tertiary/aromatic N) is 1. The van der Waals surface area contributed by atoms with Gasteiger partial charge in [-0.15, -0.1) is 0 Å². The maximum Gasteiger partial charge on any atom is 0.314 e. The topological polar surface area (TPSA) is 70.7 Å². The van der Waals surface area contributed by atoms with Crippen molar-refractivity contribution in [2.24, 2.45) is 0 Å². The number of nitrogens with one attached hydrogen (secondary N) is 2. The molecule has 2 amide bonds. The van der Waals surface area contributed by atoms with Gasteiger partial charge in [-0.05, 0) is 61.4 Å². The molecule has 0 spiro atoms. The highest BCUT2D eigenvalue weighted by molar-refractivity contribution is 6.43. The SMILES string of the molecule is COc1ccc(NC(=O)C(=O)Nc2ccc(N3CCCC3)cc2)cc1. The number of amides is 2. The van der Waals surface area contributed by atoms with Crippen LogP contribution in [0.3, 0.4) is 0 Å². The van der Waals surface area contributed by atoms with Gasteiger partial charge in [0.2, 0.25) is 0 Å². The highest BCUT2D eigenvalue weighted by Crippen LogP contribution is 2.22. The summed E-state index contributed by atoms with van der Waals surface area (Å²) >= 11 is 0. The lowest BCUT2D eigenvalue weighted by Gasteiger charge is -2.17. The first kappa shape index (κ1) is 16.8. The van der Waals surface area contributed by atoms with Gasteiger partial charge in [0, 0.05) is 30.2 Å². The number of benzene rings is 2. The standard InChI is InChI=1S/C19H21N3O3/c1-25-17-10-6-15(7-11-17)21-19(24)18(23)20-14-4-8-16(9-5-14)22-12-2-3-13-22/h4-11H,2-3,12-13H2,1H3,(H,20,23)(H,21,24). The lowest BCUT2D eigenvalue weighted by atomic mass is 10.2. The van der Waals surface area contributed by atoms with Crippen LogP contribution in [0.4, 0.5) is 17.1 Å². The van der Waals surface area contributed by atoms with Crippen molar-refractivity contribution in [2.75, 3.05) is 35.7 Å². The molecule has 1 fully saturated rings. The Morgan fingerprint density at radius 2 is 1.32 bits per heavy atom. The van der Waals surface area contributed by atoms with Crippen LogP contribution < -0.4 is 20.3 Å². The molecule has 3 rings (SSSR count). The van der Waals surface area contributed by atoms with Crippen LogP contribution in [0.2, 0.25) is 0 Å². The van der Waals surface area contributed by atoms with Crippen LogP contribution in [-0.4, -0.2) is 32.0 Å². The quantitative estimate of drug-likeness (QED) is 0.841. The summed E-state index contributed by atoms with van der Waals surface area (Å²) in [6, 6.07) is 14.3. The Hall–Kier alpha value is -3.02. The zero-order chi connectivity index (χ0) is 17.6. The molecule has 1 saturated heterocycles. The van der Waals surface area contributed by atoms with Crippen LogP contribution in [0.1, 0.15) is 12.8 Å². The average Bonchev–Trinajstić information content (AvgIpc) is 3.17. The monoisotopic (exact) mass is 339 g/mol. The molecule has 0 unspecified atom stereocenters. The molecule has 0 atom stereocenters. The maximum atomic E-state index is 12.0. The summed E-state index contributed by atoms with van der Waals surface area (Å²) in [5.74, 6) is -0.737. The van der Waals surface area contributed by atoms with Gasteiger partial charge >= 0.3 is 11.8 Å². The van der Waals surface area contributed by atoms with Crippen LogP contribution in [0.5, 0.6) is 5.75 Å². The Balaban J connectivity index is 1.56. The predicted octanol–water partition coefficient (Wildman–Crippen LogP) is 2.87. The molecule has 2 aromatic rings. The zero-order valence-corrected chi connectivity index (χ0v) is 14.1. The highest BCUT2D eigenvalue weighted by atomic mass is 16.5. The second-order valence-corrected chi connectivity index (χ2v) is 5.88. The van der Waals surface area contributed by atoms with Crippen molar-refractivity contribution >= 4 is 28.9 Å². The van der Waals surface area contributed by atoms with Gasteiger partial charge in [-0.25, -0.2) is 0 Å². The smallest absolute Gasteiger partial charge is 0.314 e. The van der Waals surface area contributed by atoms with E-state index in [1.54, 1.807) is 31.4 Å². The lowest BCUT2D eigenvalue weighted by Crippen LogP contribution is -2.29. The number of carbonyl (C=O) groups excluding carboxylic acids is 2. The third kappa shape index (κ3) is 4.29. The first-order valence-corrected chi connectivity index (χ1v) is 8.27. The number of rotatable bonds is 4. The number of hydrogen-bond acceptors (Lipinski definition) is 4.